The smallest absolute Gasteiger partial charge is 0.239 e. The van der Waals surface area contributed by atoms with Gasteiger partial charge in [-0.15, -0.1) is 0 Å². The van der Waals surface area contributed by atoms with Crippen molar-refractivity contribution in [2.75, 3.05) is 38.0 Å². The minimum absolute atomic E-state index is 0.122. The summed E-state index contributed by atoms with van der Waals surface area (Å²) in [6.07, 6.45) is 1.04. The Kier molecular flexibility index (Phi) is 6.21. The molecule has 4 heterocycles. The molecule has 3 aromatic heterocycles. The van der Waals surface area contributed by atoms with Gasteiger partial charge >= 0.3 is 0 Å². The summed E-state index contributed by atoms with van der Waals surface area (Å²) >= 11 is 0. The number of amides is 2. The van der Waals surface area contributed by atoms with Crippen molar-refractivity contribution in [1.29, 1.82) is 0 Å². The van der Waals surface area contributed by atoms with Gasteiger partial charge in [0.2, 0.25) is 11.8 Å². The van der Waals surface area contributed by atoms with Gasteiger partial charge in [0.05, 0.1) is 12.1 Å². The Morgan fingerprint density at radius 1 is 1.09 bits per heavy atom. The van der Waals surface area contributed by atoms with E-state index in [-0.39, 0.29) is 18.4 Å². The summed E-state index contributed by atoms with van der Waals surface area (Å²) in [6.45, 7) is 8.59. The average molecular weight is 476 g/mol. The lowest BCUT2D eigenvalue weighted by atomic mass is 10.1. The molecule has 1 fully saturated rings. The van der Waals surface area contributed by atoms with E-state index in [4.69, 9.17) is 14.6 Å². The molecule has 0 aliphatic carbocycles. The van der Waals surface area contributed by atoms with E-state index in [0.29, 0.717) is 50.6 Å². The van der Waals surface area contributed by atoms with Gasteiger partial charge in [-0.2, -0.15) is 5.10 Å². The van der Waals surface area contributed by atoms with E-state index in [9.17, 15) is 9.59 Å². The number of hydrogen-bond acceptors (Lipinski definition) is 7. The maximum atomic E-state index is 12.9. The Morgan fingerprint density at radius 2 is 1.86 bits per heavy atom. The third kappa shape index (κ3) is 4.74. The minimum Gasteiger partial charge on any atom is -0.360 e. The number of carbonyl (C=O) groups is 2. The lowest BCUT2D eigenvalue weighted by molar-refractivity contribution is -0.133. The molecule has 1 N–H and O–H groups in total. The number of nitrogens with zero attached hydrogens (tertiary/aromatic N) is 6. The molecule has 0 saturated carbocycles. The second kappa shape index (κ2) is 9.46. The second-order valence-electron chi connectivity index (χ2n) is 9.04. The van der Waals surface area contributed by atoms with Crippen LogP contribution in [-0.4, -0.2) is 74.1 Å². The Morgan fingerprint density at radius 3 is 2.60 bits per heavy atom. The number of anilines is 1. The number of aryl methyl sites for hydroxylation is 3. The third-order valence-electron chi connectivity index (χ3n) is 6.59. The number of carbonyl (C=O) groups excluding carboxylic acids is 2. The summed E-state index contributed by atoms with van der Waals surface area (Å²) in [5.41, 5.74) is 4.79. The highest BCUT2D eigenvalue weighted by Gasteiger charge is 2.23. The Bertz CT molecular complexity index is 1400. The number of benzene rings is 1. The van der Waals surface area contributed by atoms with E-state index in [1.807, 2.05) is 52.4 Å². The highest BCUT2D eigenvalue weighted by Crippen LogP contribution is 2.23. The summed E-state index contributed by atoms with van der Waals surface area (Å²) in [5, 5.41) is 12.3. The average Bonchev–Trinajstić information content (AvgIpc) is 3.42. The molecule has 1 aliphatic heterocycles. The number of piperazine rings is 1. The fraction of sp³-hybridized carbons (Fsp3) is 0.400. The summed E-state index contributed by atoms with van der Waals surface area (Å²) in [6, 6.07) is 9.67. The zero-order valence-corrected chi connectivity index (χ0v) is 20.2. The van der Waals surface area contributed by atoms with Crippen LogP contribution in [0.4, 0.5) is 5.82 Å². The quantitative estimate of drug-likeness (QED) is 0.456. The highest BCUT2D eigenvalue weighted by atomic mass is 16.5. The third-order valence-corrected chi connectivity index (χ3v) is 6.59. The zero-order chi connectivity index (χ0) is 24.5. The SMILES string of the molecule is Cc1cc(NC(=O)CN2CCN(C(=O)CCc3c(C)nc4c5ccccc5nn4c3C)CC2)no1. The first-order valence-electron chi connectivity index (χ1n) is 11.9. The molecule has 182 valence electrons. The van der Waals surface area contributed by atoms with Crippen molar-refractivity contribution in [2.24, 2.45) is 0 Å². The minimum atomic E-state index is -0.141. The van der Waals surface area contributed by atoms with E-state index in [1.165, 1.54) is 0 Å². The van der Waals surface area contributed by atoms with Gasteiger partial charge in [0.15, 0.2) is 11.5 Å². The molecule has 4 aromatic rings. The number of nitrogens with one attached hydrogen (secondary N) is 1. The standard InChI is InChI=1S/C25H29N7O3/c1-16-14-22(29-35-16)27-23(33)15-30-10-12-31(13-11-30)24(34)9-8-19-17(2)26-25-20-6-4-5-7-21(20)28-32(25)18(19)3/h4-7,14H,8-13,15H2,1-3H3,(H,27,29,33). The second-order valence-corrected chi connectivity index (χ2v) is 9.04. The van der Waals surface area contributed by atoms with Crippen molar-refractivity contribution in [2.45, 2.75) is 33.6 Å². The van der Waals surface area contributed by atoms with E-state index >= 15 is 0 Å². The molecular formula is C25H29N7O3. The summed E-state index contributed by atoms with van der Waals surface area (Å²) in [4.78, 5) is 33.9. The van der Waals surface area contributed by atoms with Crippen molar-refractivity contribution < 1.29 is 14.1 Å². The van der Waals surface area contributed by atoms with Crippen molar-refractivity contribution in [3.63, 3.8) is 0 Å². The van der Waals surface area contributed by atoms with Gasteiger partial charge in [0, 0.05) is 55.4 Å². The van der Waals surface area contributed by atoms with Gasteiger partial charge < -0.3 is 14.7 Å². The Labute approximate surface area is 202 Å². The summed E-state index contributed by atoms with van der Waals surface area (Å²) in [7, 11) is 0. The Hall–Kier alpha value is -3.79. The molecular weight excluding hydrogens is 446 g/mol. The van der Waals surface area contributed by atoms with Gasteiger partial charge in [0.25, 0.3) is 0 Å². The number of fused-ring (bicyclic) bond motifs is 3. The van der Waals surface area contributed by atoms with Crippen molar-refractivity contribution >= 4 is 34.2 Å². The summed E-state index contributed by atoms with van der Waals surface area (Å²) < 4.78 is 6.86. The van der Waals surface area contributed by atoms with Crippen molar-refractivity contribution in [1.82, 2.24) is 29.6 Å². The monoisotopic (exact) mass is 475 g/mol. The van der Waals surface area contributed by atoms with Gasteiger partial charge in [0.1, 0.15) is 5.76 Å². The molecule has 0 unspecified atom stereocenters. The first-order valence-corrected chi connectivity index (χ1v) is 11.9. The van der Waals surface area contributed by atoms with Crippen LogP contribution >= 0.6 is 0 Å². The maximum Gasteiger partial charge on any atom is 0.239 e. The fourth-order valence-corrected chi connectivity index (χ4v) is 4.69. The predicted octanol–water partition coefficient (Wildman–Crippen LogP) is 2.51. The first-order chi connectivity index (χ1) is 16.9. The van der Waals surface area contributed by atoms with Gasteiger partial charge in [-0.25, -0.2) is 9.50 Å². The number of aromatic nitrogens is 4. The van der Waals surface area contributed by atoms with Gasteiger partial charge in [-0.05, 0) is 44.9 Å². The van der Waals surface area contributed by atoms with Crippen LogP contribution in [0.15, 0.2) is 34.9 Å². The van der Waals surface area contributed by atoms with E-state index in [1.54, 1.807) is 13.0 Å². The maximum absolute atomic E-state index is 12.9. The van der Waals surface area contributed by atoms with E-state index in [0.717, 1.165) is 33.5 Å². The first kappa shape index (κ1) is 23.0. The van der Waals surface area contributed by atoms with Crippen LogP contribution in [0.25, 0.3) is 16.6 Å². The molecule has 5 rings (SSSR count). The molecule has 1 aliphatic rings. The number of rotatable bonds is 6. The fourth-order valence-electron chi connectivity index (χ4n) is 4.69. The molecule has 1 saturated heterocycles. The van der Waals surface area contributed by atoms with Crippen LogP contribution in [0, 0.1) is 20.8 Å². The van der Waals surface area contributed by atoms with Crippen molar-refractivity contribution in [3.8, 4) is 0 Å². The van der Waals surface area contributed by atoms with E-state index in [2.05, 4.69) is 10.5 Å². The molecule has 0 bridgehead atoms. The van der Waals surface area contributed by atoms with Crippen LogP contribution in [0.1, 0.15) is 29.1 Å². The molecule has 10 nitrogen and oxygen atoms in total. The zero-order valence-electron chi connectivity index (χ0n) is 20.2. The summed E-state index contributed by atoms with van der Waals surface area (Å²) in [5.74, 6) is 1.05. The molecule has 0 spiro atoms. The number of hydrogen-bond donors (Lipinski definition) is 1. The largest absolute Gasteiger partial charge is 0.360 e. The Balaban J connectivity index is 1.16. The molecule has 2 amide bonds. The molecule has 10 heteroatoms. The van der Waals surface area contributed by atoms with Gasteiger partial charge in [-0.3, -0.25) is 14.5 Å². The normalized spacial score (nSPS) is 14.7. The van der Waals surface area contributed by atoms with Crippen LogP contribution in [0.3, 0.4) is 0 Å². The molecule has 35 heavy (non-hydrogen) atoms. The molecule has 1 aromatic carbocycles. The topological polar surface area (TPSA) is 109 Å². The highest BCUT2D eigenvalue weighted by molar-refractivity contribution is 5.92. The van der Waals surface area contributed by atoms with Crippen LogP contribution in [0.2, 0.25) is 0 Å². The van der Waals surface area contributed by atoms with Crippen LogP contribution in [0.5, 0.6) is 0 Å². The van der Waals surface area contributed by atoms with E-state index < -0.39 is 0 Å². The van der Waals surface area contributed by atoms with Crippen LogP contribution < -0.4 is 5.32 Å². The van der Waals surface area contributed by atoms with Crippen LogP contribution in [-0.2, 0) is 16.0 Å². The van der Waals surface area contributed by atoms with Crippen molar-refractivity contribution in [3.05, 3.63) is 53.0 Å². The predicted molar refractivity (Wildman–Crippen MR) is 131 cm³/mol. The lowest BCUT2D eigenvalue weighted by Crippen LogP contribution is -2.50. The van der Waals surface area contributed by atoms with Gasteiger partial charge in [-0.1, -0.05) is 17.3 Å². The molecule has 0 radical (unpaired) electrons. The lowest BCUT2D eigenvalue weighted by Gasteiger charge is -2.34. The molecule has 0 atom stereocenters.